The van der Waals surface area contributed by atoms with Crippen LogP contribution in [0.1, 0.15) is 35.6 Å². The van der Waals surface area contributed by atoms with Crippen molar-refractivity contribution in [2.24, 2.45) is 7.05 Å². The lowest BCUT2D eigenvalue weighted by Crippen LogP contribution is -2.28. The number of nitrogens with one attached hydrogen (secondary N) is 1. The van der Waals surface area contributed by atoms with E-state index in [4.69, 9.17) is 0 Å². The Morgan fingerprint density at radius 2 is 1.85 bits per heavy atom. The van der Waals surface area contributed by atoms with Crippen LogP contribution >= 0.6 is 0 Å². The molecule has 0 bridgehead atoms. The summed E-state index contributed by atoms with van der Waals surface area (Å²) < 4.78 is 29.9. The van der Waals surface area contributed by atoms with Crippen LogP contribution in [0.25, 0.3) is 10.9 Å². The maximum Gasteiger partial charge on any atom is 0.240 e. The molecule has 27 heavy (non-hydrogen) atoms. The number of hydrogen-bond donors (Lipinski definition) is 2. The maximum absolute atomic E-state index is 12.7. The van der Waals surface area contributed by atoms with Gasteiger partial charge in [0.1, 0.15) is 0 Å². The van der Waals surface area contributed by atoms with Gasteiger partial charge in [-0.05, 0) is 55.0 Å². The molecule has 1 heterocycles. The van der Waals surface area contributed by atoms with E-state index >= 15 is 0 Å². The first-order chi connectivity index (χ1) is 13.0. The van der Waals surface area contributed by atoms with Crippen molar-refractivity contribution >= 4 is 20.9 Å². The summed E-state index contributed by atoms with van der Waals surface area (Å²) in [5.41, 5.74) is 4.10. The summed E-state index contributed by atoms with van der Waals surface area (Å²) in [6.45, 7) is -0.0621. The van der Waals surface area contributed by atoms with Gasteiger partial charge in [-0.3, -0.25) is 0 Å². The van der Waals surface area contributed by atoms with E-state index in [0.29, 0.717) is 0 Å². The number of aromatic nitrogens is 1. The van der Waals surface area contributed by atoms with Gasteiger partial charge in [-0.25, -0.2) is 13.1 Å². The zero-order valence-electron chi connectivity index (χ0n) is 15.4. The van der Waals surface area contributed by atoms with Gasteiger partial charge in [0.15, 0.2) is 0 Å². The van der Waals surface area contributed by atoms with Crippen molar-refractivity contribution in [2.45, 2.75) is 36.7 Å². The standard InChI is InChI=1S/C21H24N2O3S/c1-23-14-19(18-8-4-5-9-20(18)23)21(24)13-22-27(25,26)17-11-10-15-6-2-3-7-16(15)12-17/h4-5,8-12,14,21-22,24H,2-3,6-7,13H2,1H3. The first-order valence-electron chi connectivity index (χ1n) is 9.29. The lowest BCUT2D eigenvalue weighted by atomic mass is 9.92. The molecule has 5 nitrogen and oxygen atoms in total. The second kappa shape index (κ2) is 7.11. The number of aryl methyl sites for hydroxylation is 3. The third-order valence-corrected chi connectivity index (χ3v) is 6.80. The molecule has 4 rings (SSSR count). The number of para-hydroxylation sites is 1. The van der Waals surface area contributed by atoms with Crippen LogP contribution in [0.3, 0.4) is 0 Å². The largest absolute Gasteiger partial charge is 0.387 e. The van der Waals surface area contributed by atoms with Crippen LogP contribution in [-0.4, -0.2) is 24.6 Å². The highest BCUT2D eigenvalue weighted by Crippen LogP contribution is 2.27. The van der Waals surface area contributed by atoms with Crippen molar-refractivity contribution in [3.8, 4) is 0 Å². The van der Waals surface area contributed by atoms with Crippen molar-refractivity contribution in [1.29, 1.82) is 0 Å². The zero-order chi connectivity index (χ0) is 19.0. The number of hydrogen-bond acceptors (Lipinski definition) is 3. The molecule has 3 aromatic rings. The molecule has 0 saturated carbocycles. The first kappa shape index (κ1) is 18.2. The van der Waals surface area contributed by atoms with Gasteiger partial charge in [-0.1, -0.05) is 24.3 Å². The maximum atomic E-state index is 12.7. The third kappa shape index (κ3) is 3.52. The molecule has 1 aliphatic rings. The van der Waals surface area contributed by atoms with Crippen LogP contribution < -0.4 is 4.72 Å². The normalized spacial score (nSPS) is 15.6. The molecule has 0 radical (unpaired) electrons. The monoisotopic (exact) mass is 384 g/mol. The van der Waals surface area contributed by atoms with Crippen LogP contribution in [0.4, 0.5) is 0 Å². The molecular weight excluding hydrogens is 360 g/mol. The van der Waals surface area contributed by atoms with Gasteiger partial charge < -0.3 is 9.67 Å². The highest BCUT2D eigenvalue weighted by molar-refractivity contribution is 7.89. The molecule has 142 valence electrons. The fraction of sp³-hybridized carbons (Fsp3) is 0.333. The Labute approximate surface area is 159 Å². The Balaban J connectivity index is 1.53. The molecule has 0 aliphatic heterocycles. The molecule has 1 aliphatic carbocycles. The Bertz CT molecular complexity index is 1090. The molecule has 1 aromatic heterocycles. The van der Waals surface area contributed by atoms with Crippen LogP contribution in [0, 0.1) is 0 Å². The predicted molar refractivity (Wildman–Crippen MR) is 106 cm³/mol. The Hall–Kier alpha value is -2.15. The minimum Gasteiger partial charge on any atom is -0.387 e. The molecule has 0 spiro atoms. The Kier molecular flexibility index (Phi) is 4.80. The van der Waals surface area contributed by atoms with Crippen LogP contribution in [0.2, 0.25) is 0 Å². The number of nitrogens with zero attached hydrogens (tertiary/aromatic N) is 1. The average Bonchev–Trinajstić information content (AvgIpc) is 3.03. The summed E-state index contributed by atoms with van der Waals surface area (Å²) in [4.78, 5) is 0.272. The van der Waals surface area contributed by atoms with Gasteiger partial charge in [0.25, 0.3) is 0 Å². The molecule has 1 atom stereocenters. The lowest BCUT2D eigenvalue weighted by molar-refractivity contribution is 0.183. The van der Waals surface area contributed by atoms with E-state index in [2.05, 4.69) is 4.72 Å². The van der Waals surface area contributed by atoms with E-state index in [0.717, 1.165) is 47.7 Å². The molecule has 0 fully saturated rings. The summed E-state index contributed by atoms with van der Waals surface area (Å²) in [5.74, 6) is 0. The van der Waals surface area contributed by atoms with Gasteiger partial charge in [-0.15, -0.1) is 0 Å². The van der Waals surface area contributed by atoms with Crippen LogP contribution in [0.5, 0.6) is 0 Å². The topological polar surface area (TPSA) is 71.3 Å². The van der Waals surface area contributed by atoms with Gasteiger partial charge in [0, 0.05) is 36.3 Å². The molecule has 0 saturated heterocycles. The number of aliphatic hydroxyl groups is 1. The third-order valence-electron chi connectivity index (χ3n) is 5.38. The first-order valence-corrected chi connectivity index (χ1v) is 10.8. The molecule has 2 aromatic carbocycles. The van der Waals surface area contributed by atoms with Crippen molar-refractivity contribution in [2.75, 3.05) is 6.54 Å². The smallest absolute Gasteiger partial charge is 0.240 e. The second-order valence-corrected chi connectivity index (χ2v) is 8.98. The van der Waals surface area contributed by atoms with Crippen molar-refractivity contribution in [3.05, 3.63) is 65.4 Å². The summed E-state index contributed by atoms with van der Waals surface area (Å²) >= 11 is 0. The summed E-state index contributed by atoms with van der Waals surface area (Å²) in [7, 11) is -1.75. The molecule has 0 amide bonds. The van der Waals surface area contributed by atoms with Gasteiger partial charge in [0.05, 0.1) is 11.0 Å². The minimum absolute atomic E-state index is 0.0621. The molecule has 6 heteroatoms. The van der Waals surface area contributed by atoms with Gasteiger partial charge in [0.2, 0.25) is 10.0 Å². The van der Waals surface area contributed by atoms with Crippen molar-refractivity contribution < 1.29 is 13.5 Å². The van der Waals surface area contributed by atoms with E-state index in [9.17, 15) is 13.5 Å². The second-order valence-electron chi connectivity index (χ2n) is 7.22. The van der Waals surface area contributed by atoms with Crippen LogP contribution in [0.15, 0.2) is 53.6 Å². The minimum atomic E-state index is -3.66. The number of benzene rings is 2. The number of rotatable bonds is 5. The van der Waals surface area contributed by atoms with Crippen molar-refractivity contribution in [3.63, 3.8) is 0 Å². The van der Waals surface area contributed by atoms with Gasteiger partial charge in [-0.2, -0.15) is 0 Å². The average molecular weight is 385 g/mol. The quantitative estimate of drug-likeness (QED) is 0.710. The fourth-order valence-electron chi connectivity index (χ4n) is 3.90. The number of aliphatic hydroxyl groups excluding tert-OH is 1. The molecule has 1 unspecified atom stereocenters. The predicted octanol–water partition coefficient (Wildman–Crippen LogP) is 3.07. The highest BCUT2D eigenvalue weighted by Gasteiger charge is 2.21. The van der Waals surface area contributed by atoms with E-state index in [1.165, 1.54) is 5.56 Å². The Morgan fingerprint density at radius 1 is 1.11 bits per heavy atom. The summed E-state index contributed by atoms with van der Waals surface area (Å²) in [6, 6.07) is 13.1. The van der Waals surface area contributed by atoms with E-state index in [-0.39, 0.29) is 11.4 Å². The van der Waals surface area contributed by atoms with E-state index < -0.39 is 16.1 Å². The zero-order valence-corrected chi connectivity index (χ0v) is 16.2. The molecular formula is C21H24N2O3S. The fourth-order valence-corrected chi connectivity index (χ4v) is 4.99. The number of sulfonamides is 1. The number of fused-ring (bicyclic) bond motifs is 2. The Morgan fingerprint density at radius 3 is 2.67 bits per heavy atom. The SMILES string of the molecule is Cn1cc(C(O)CNS(=O)(=O)c2ccc3c(c2)CCCC3)c2ccccc21. The van der Waals surface area contributed by atoms with Gasteiger partial charge >= 0.3 is 0 Å². The molecule has 2 N–H and O–H groups in total. The van der Waals surface area contributed by atoms with Crippen molar-refractivity contribution in [1.82, 2.24) is 9.29 Å². The summed E-state index contributed by atoms with van der Waals surface area (Å²) in [6.07, 6.45) is 5.14. The van der Waals surface area contributed by atoms with E-state index in [1.807, 2.05) is 48.1 Å². The summed E-state index contributed by atoms with van der Waals surface area (Å²) in [5, 5.41) is 11.5. The van der Waals surface area contributed by atoms with Crippen LogP contribution in [-0.2, 0) is 29.9 Å². The van der Waals surface area contributed by atoms with E-state index in [1.54, 1.807) is 12.1 Å². The highest BCUT2D eigenvalue weighted by atomic mass is 32.2. The lowest BCUT2D eigenvalue weighted by Gasteiger charge is -2.17.